The summed E-state index contributed by atoms with van der Waals surface area (Å²) in [6.45, 7) is 4.29. The van der Waals surface area contributed by atoms with Crippen LogP contribution in [0.3, 0.4) is 0 Å². The minimum atomic E-state index is -0.0446. The zero-order valence-electron chi connectivity index (χ0n) is 17.9. The van der Waals surface area contributed by atoms with Gasteiger partial charge in [-0.1, -0.05) is 44.2 Å². The van der Waals surface area contributed by atoms with Crippen LogP contribution in [0.15, 0.2) is 59.0 Å². The highest BCUT2D eigenvalue weighted by atomic mass is 16.4. The highest BCUT2D eigenvalue weighted by molar-refractivity contribution is 5.92. The SMILES string of the molecule is CCC(C)C(=O)Nc1cccc(CNC(=O)CCCc2nnc(-c3ccccc3)o2)c1. The number of aryl methyl sites for hydroxylation is 1. The van der Waals surface area contributed by atoms with Gasteiger partial charge in [-0.05, 0) is 42.7 Å². The number of anilines is 1. The zero-order chi connectivity index (χ0) is 22.1. The number of nitrogens with one attached hydrogen (secondary N) is 2. The van der Waals surface area contributed by atoms with E-state index in [1.165, 1.54) is 0 Å². The molecule has 0 spiro atoms. The summed E-state index contributed by atoms with van der Waals surface area (Å²) < 4.78 is 5.66. The first-order chi connectivity index (χ1) is 15.0. The van der Waals surface area contributed by atoms with Crippen molar-refractivity contribution < 1.29 is 14.0 Å². The van der Waals surface area contributed by atoms with E-state index in [1.54, 1.807) is 0 Å². The van der Waals surface area contributed by atoms with Crippen molar-refractivity contribution in [2.24, 2.45) is 5.92 Å². The molecular formula is C24H28N4O3. The lowest BCUT2D eigenvalue weighted by molar-refractivity contribution is -0.121. The minimum Gasteiger partial charge on any atom is -0.421 e. The first-order valence-corrected chi connectivity index (χ1v) is 10.6. The maximum atomic E-state index is 12.2. The third-order valence-electron chi connectivity index (χ3n) is 5.03. The third-order valence-corrected chi connectivity index (χ3v) is 5.03. The Labute approximate surface area is 182 Å². The van der Waals surface area contributed by atoms with Gasteiger partial charge in [0.15, 0.2) is 0 Å². The van der Waals surface area contributed by atoms with E-state index >= 15 is 0 Å². The Kier molecular flexibility index (Phi) is 7.92. The zero-order valence-corrected chi connectivity index (χ0v) is 17.9. The van der Waals surface area contributed by atoms with Crippen LogP contribution in [0.4, 0.5) is 5.69 Å². The lowest BCUT2D eigenvalue weighted by Gasteiger charge is -2.11. The van der Waals surface area contributed by atoms with Crippen LogP contribution in [-0.4, -0.2) is 22.0 Å². The predicted molar refractivity (Wildman–Crippen MR) is 119 cm³/mol. The van der Waals surface area contributed by atoms with Gasteiger partial charge in [-0.15, -0.1) is 10.2 Å². The molecule has 2 amide bonds. The van der Waals surface area contributed by atoms with E-state index < -0.39 is 0 Å². The molecule has 0 saturated heterocycles. The quantitative estimate of drug-likeness (QED) is 0.508. The van der Waals surface area contributed by atoms with Gasteiger partial charge in [0.25, 0.3) is 0 Å². The summed E-state index contributed by atoms with van der Waals surface area (Å²) in [7, 11) is 0. The molecule has 0 bridgehead atoms. The smallest absolute Gasteiger partial charge is 0.247 e. The molecule has 1 unspecified atom stereocenters. The second kappa shape index (κ2) is 11.1. The molecule has 0 fully saturated rings. The summed E-state index contributed by atoms with van der Waals surface area (Å²) in [5, 5.41) is 13.9. The van der Waals surface area contributed by atoms with Crippen LogP contribution in [0, 0.1) is 5.92 Å². The van der Waals surface area contributed by atoms with Crippen molar-refractivity contribution in [3.05, 3.63) is 66.1 Å². The van der Waals surface area contributed by atoms with Gasteiger partial charge in [-0.2, -0.15) is 0 Å². The minimum absolute atomic E-state index is 0.000123. The van der Waals surface area contributed by atoms with E-state index in [0.29, 0.717) is 37.6 Å². The largest absolute Gasteiger partial charge is 0.421 e. The fourth-order valence-electron chi connectivity index (χ4n) is 2.95. The number of amides is 2. The number of hydrogen-bond acceptors (Lipinski definition) is 5. The molecule has 0 aliphatic carbocycles. The molecule has 7 heteroatoms. The number of carbonyl (C=O) groups excluding carboxylic acids is 2. The maximum absolute atomic E-state index is 12.2. The second-order valence-corrected chi connectivity index (χ2v) is 7.50. The van der Waals surface area contributed by atoms with Gasteiger partial charge in [0, 0.05) is 36.6 Å². The fourth-order valence-corrected chi connectivity index (χ4v) is 2.95. The fraction of sp³-hybridized carbons (Fsp3) is 0.333. The van der Waals surface area contributed by atoms with Crippen LogP contribution in [0.2, 0.25) is 0 Å². The molecule has 7 nitrogen and oxygen atoms in total. The predicted octanol–water partition coefficient (Wildman–Crippen LogP) is 4.36. The molecule has 3 rings (SSSR count). The van der Waals surface area contributed by atoms with Crippen molar-refractivity contribution in [1.82, 2.24) is 15.5 Å². The van der Waals surface area contributed by atoms with Crippen LogP contribution in [-0.2, 0) is 22.6 Å². The number of hydrogen-bond donors (Lipinski definition) is 2. The highest BCUT2D eigenvalue weighted by Gasteiger charge is 2.11. The van der Waals surface area contributed by atoms with Crippen molar-refractivity contribution >= 4 is 17.5 Å². The molecule has 0 aliphatic heterocycles. The van der Waals surface area contributed by atoms with Gasteiger partial charge in [-0.3, -0.25) is 9.59 Å². The van der Waals surface area contributed by atoms with E-state index in [-0.39, 0.29) is 17.7 Å². The molecule has 1 atom stereocenters. The Balaban J connectivity index is 1.41. The number of carbonyl (C=O) groups is 2. The molecule has 0 saturated carbocycles. The van der Waals surface area contributed by atoms with Crippen LogP contribution in [0.25, 0.3) is 11.5 Å². The van der Waals surface area contributed by atoms with E-state index in [1.807, 2.05) is 68.4 Å². The van der Waals surface area contributed by atoms with Crippen molar-refractivity contribution in [2.75, 3.05) is 5.32 Å². The summed E-state index contributed by atoms with van der Waals surface area (Å²) in [5.74, 6) is 0.930. The van der Waals surface area contributed by atoms with Crippen LogP contribution in [0.5, 0.6) is 0 Å². The van der Waals surface area contributed by atoms with E-state index in [9.17, 15) is 9.59 Å². The molecule has 3 aromatic rings. The molecule has 162 valence electrons. The average molecular weight is 421 g/mol. The molecule has 2 aromatic carbocycles. The van der Waals surface area contributed by atoms with Crippen LogP contribution >= 0.6 is 0 Å². The Morgan fingerprint density at radius 1 is 1.06 bits per heavy atom. The second-order valence-electron chi connectivity index (χ2n) is 7.50. The summed E-state index contributed by atoms with van der Waals surface area (Å²) >= 11 is 0. The Hall–Kier alpha value is -3.48. The van der Waals surface area contributed by atoms with Gasteiger partial charge >= 0.3 is 0 Å². The summed E-state index contributed by atoms with van der Waals surface area (Å²) in [5.41, 5.74) is 2.55. The Morgan fingerprint density at radius 3 is 2.65 bits per heavy atom. The monoisotopic (exact) mass is 420 g/mol. The van der Waals surface area contributed by atoms with E-state index in [0.717, 1.165) is 23.2 Å². The van der Waals surface area contributed by atoms with Crippen molar-refractivity contribution in [1.29, 1.82) is 0 Å². The van der Waals surface area contributed by atoms with Gasteiger partial charge in [0.1, 0.15) is 0 Å². The van der Waals surface area contributed by atoms with Crippen molar-refractivity contribution in [3.63, 3.8) is 0 Å². The Bertz CT molecular complexity index is 1000. The lowest BCUT2D eigenvalue weighted by Crippen LogP contribution is -2.23. The normalized spacial score (nSPS) is 11.7. The third kappa shape index (κ3) is 6.77. The van der Waals surface area contributed by atoms with Crippen molar-refractivity contribution in [3.8, 4) is 11.5 Å². The van der Waals surface area contributed by atoms with Gasteiger partial charge in [0.05, 0.1) is 0 Å². The molecular weight excluding hydrogens is 392 g/mol. The number of aromatic nitrogens is 2. The molecule has 2 N–H and O–H groups in total. The summed E-state index contributed by atoms with van der Waals surface area (Å²) in [6, 6.07) is 17.1. The van der Waals surface area contributed by atoms with Crippen LogP contribution < -0.4 is 10.6 Å². The number of rotatable bonds is 10. The molecule has 0 aliphatic rings. The summed E-state index contributed by atoms with van der Waals surface area (Å²) in [6.07, 6.45) is 2.32. The first kappa shape index (κ1) is 22.2. The number of nitrogens with zero attached hydrogens (tertiary/aromatic N) is 2. The van der Waals surface area contributed by atoms with Gasteiger partial charge in [-0.25, -0.2) is 0 Å². The molecule has 31 heavy (non-hydrogen) atoms. The lowest BCUT2D eigenvalue weighted by atomic mass is 10.1. The van der Waals surface area contributed by atoms with Crippen LogP contribution in [0.1, 0.15) is 44.6 Å². The standard InChI is InChI=1S/C24H28N4O3/c1-3-17(2)23(30)26-20-12-7-9-18(15-20)16-25-21(29)13-8-14-22-27-28-24(31-22)19-10-5-4-6-11-19/h4-7,9-12,15,17H,3,8,13-14,16H2,1-2H3,(H,25,29)(H,26,30). The Morgan fingerprint density at radius 2 is 1.87 bits per heavy atom. The first-order valence-electron chi connectivity index (χ1n) is 10.6. The molecule has 1 heterocycles. The molecule has 1 aromatic heterocycles. The highest BCUT2D eigenvalue weighted by Crippen LogP contribution is 2.18. The van der Waals surface area contributed by atoms with Gasteiger partial charge in [0.2, 0.25) is 23.6 Å². The number of benzene rings is 2. The topological polar surface area (TPSA) is 97.1 Å². The maximum Gasteiger partial charge on any atom is 0.247 e. The summed E-state index contributed by atoms with van der Waals surface area (Å²) in [4.78, 5) is 24.2. The van der Waals surface area contributed by atoms with E-state index in [4.69, 9.17) is 4.42 Å². The molecule has 0 radical (unpaired) electrons. The van der Waals surface area contributed by atoms with E-state index in [2.05, 4.69) is 20.8 Å². The van der Waals surface area contributed by atoms with Gasteiger partial charge < -0.3 is 15.1 Å². The average Bonchev–Trinajstić information content (AvgIpc) is 3.27. The van der Waals surface area contributed by atoms with Crippen molar-refractivity contribution in [2.45, 2.75) is 46.1 Å².